The Morgan fingerprint density at radius 2 is 2.33 bits per heavy atom. The molecular weight excluding hydrogens is 228 g/mol. The van der Waals surface area contributed by atoms with Gasteiger partial charge in [0.2, 0.25) is 0 Å². The van der Waals surface area contributed by atoms with E-state index in [1.165, 1.54) is 16.0 Å². The number of hydrogen-bond donors (Lipinski definition) is 1. The molecule has 1 aliphatic heterocycles. The second-order valence-corrected chi connectivity index (χ2v) is 5.08. The molecule has 0 radical (unpaired) electrons. The summed E-state index contributed by atoms with van der Waals surface area (Å²) in [6.07, 6.45) is 2.97. The van der Waals surface area contributed by atoms with E-state index in [1.807, 2.05) is 30.1 Å². The zero-order chi connectivity index (χ0) is 10.3. The second kappa shape index (κ2) is 3.58. The van der Waals surface area contributed by atoms with Crippen LogP contribution in [-0.2, 0) is 6.42 Å². The van der Waals surface area contributed by atoms with E-state index in [-0.39, 0.29) is 0 Å². The van der Waals surface area contributed by atoms with E-state index in [0.717, 1.165) is 22.9 Å². The molecule has 2 aromatic rings. The highest BCUT2D eigenvalue weighted by Crippen LogP contribution is 2.37. The van der Waals surface area contributed by atoms with E-state index in [9.17, 15) is 0 Å². The number of aromatic nitrogens is 2. The summed E-state index contributed by atoms with van der Waals surface area (Å²) in [4.78, 5) is 1.28. The highest BCUT2D eigenvalue weighted by atomic mass is 35.5. The minimum absolute atomic E-state index is 0.775. The molecule has 1 aliphatic rings. The number of thioether (sulfide) groups is 1. The molecule has 0 atom stereocenters. The van der Waals surface area contributed by atoms with E-state index in [2.05, 4.69) is 16.3 Å². The van der Waals surface area contributed by atoms with Crippen molar-refractivity contribution in [2.45, 2.75) is 11.3 Å². The average Bonchev–Trinajstić information content (AvgIpc) is 2.62. The Kier molecular flexibility index (Phi) is 2.22. The highest BCUT2D eigenvalue weighted by molar-refractivity contribution is 7.99. The third kappa shape index (κ3) is 1.56. The Balaban J connectivity index is 2.27. The van der Waals surface area contributed by atoms with Crippen molar-refractivity contribution in [1.29, 1.82) is 0 Å². The SMILES string of the molecule is Clc1ccc2c(c1)-c1[nH]ncc1CCS2. The van der Waals surface area contributed by atoms with Crippen LogP contribution in [0.4, 0.5) is 0 Å². The molecule has 2 nitrogen and oxygen atoms in total. The molecule has 4 heteroatoms. The number of benzene rings is 1. The molecular formula is C11H9ClN2S. The van der Waals surface area contributed by atoms with Gasteiger partial charge in [0.05, 0.1) is 11.9 Å². The van der Waals surface area contributed by atoms with Gasteiger partial charge in [0, 0.05) is 21.2 Å². The number of fused-ring (bicyclic) bond motifs is 3. The van der Waals surface area contributed by atoms with Crippen molar-refractivity contribution < 1.29 is 0 Å². The summed E-state index contributed by atoms with van der Waals surface area (Å²) in [5, 5.41) is 7.93. The molecule has 0 saturated carbocycles. The molecule has 3 rings (SSSR count). The first kappa shape index (κ1) is 9.31. The number of rotatable bonds is 0. The first-order chi connectivity index (χ1) is 7.34. The predicted octanol–water partition coefficient (Wildman–Crippen LogP) is 3.38. The summed E-state index contributed by atoms with van der Waals surface area (Å²) in [7, 11) is 0. The van der Waals surface area contributed by atoms with Crippen LogP contribution in [0.3, 0.4) is 0 Å². The van der Waals surface area contributed by atoms with Gasteiger partial charge >= 0.3 is 0 Å². The molecule has 0 unspecified atom stereocenters. The van der Waals surface area contributed by atoms with E-state index in [1.54, 1.807) is 0 Å². The summed E-state index contributed by atoms with van der Waals surface area (Å²) < 4.78 is 0. The van der Waals surface area contributed by atoms with Crippen LogP contribution >= 0.6 is 23.4 Å². The third-order valence-electron chi connectivity index (χ3n) is 2.56. The van der Waals surface area contributed by atoms with Gasteiger partial charge in [-0.1, -0.05) is 11.6 Å². The lowest BCUT2D eigenvalue weighted by Crippen LogP contribution is -1.85. The van der Waals surface area contributed by atoms with E-state index in [0.29, 0.717) is 0 Å². The van der Waals surface area contributed by atoms with Gasteiger partial charge in [0.25, 0.3) is 0 Å². The van der Waals surface area contributed by atoms with Crippen LogP contribution in [0, 0.1) is 0 Å². The van der Waals surface area contributed by atoms with E-state index >= 15 is 0 Å². The van der Waals surface area contributed by atoms with Gasteiger partial charge in [0.15, 0.2) is 0 Å². The molecule has 0 saturated heterocycles. The Morgan fingerprint density at radius 1 is 1.40 bits per heavy atom. The topological polar surface area (TPSA) is 28.7 Å². The molecule has 0 aliphatic carbocycles. The first-order valence-electron chi connectivity index (χ1n) is 4.79. The highest BCUT2D eigenvalue weighted by Gasteiger charge is 2.16. The van der Waals surface area contributed by atoms with Gasteiger partial charge in [-0.2, -0.15) is 5.10 Å². The summed E-state index contributed by atoms with van der Waals surface area (Å²) in [6, 6.07) is 6.03. The fourth-order valence-corrected chi connectivity index (χ4v) is 3.02. The number of nitrogens with zero attached hydrogens (tertiary/aromatic N) is 1. The van der Waals surface area contributed by atoms with Crippen LogP contribution in [0.1, 0.15) is 5.56 Å². The minimum Gasteiger partial charge on any atom is -0.278 e. The maximum Gasteiger partial charge on any atom is 0.0694 e. The minimum atomic E-state index is 0.775. The van der Waals surface area contributed by atoms with Crippen LogP contribution in [0.2, 0.25) is 5.02 Å². The fraction of sp³-hybridized carbons (Fsp3) is 0.182. The summed E-state index contributed by atoms with van der Waals surface area (Å²) in [5.41, 5.74) is 3.58. The Hall–Kier alpha value is -0.930. The molecule has 15 heavy (non-hydrogen) atoms. The van der Waals surface area contributed by atoms with Crippen molar-refractivity contribution in [3.8, 4) is 11.3 Å². The van der Waals surface area contributed by atoms with Gasteiger partial charge in [-0.15, -0.1) is 11.8 Å². The molecule has 1 N–H and O–H groups in total. The quantitative estimate of drug-likeness (QED) is 0.760. The molecule has 0 spiro atoms. The number of halogens is 1. The van der Waals surface area contributed by atoms with Crippen molar-refractivity contribution in [3.63, 3.8) is 0 Å². The molecule has 0 amide bonds. The number of H-pyrrole nitrogens is 1. The van der Waals surface area contributed by atoms with Crippen molar-refractivity contribution in [3.05, 3.63) is 35.0 Å². The van der Waals surface area contributed by atoms with Crippen LogP contribution in [0.15, 0.2) is 29.3 Å². The Bertz CT molecular complexity index is 507. The predicted molar refractivity (Wildman–Crippen MR) is 63.5 cm³/mol. The monoisotopic (exact) mass is 236 g/mol. The van der Waals surface area contributed by atoms with Crippen molar-refractivity contribution in [2.24, 2.45) is 0 Å². The Morgan fingerprint density at radius 3 is 3.27 bits per heavy atom. The number of nitrogens with one attached hydrogen (secondary N) is 1. The summed E-state index contributed by atoms with van der Waals surface area (Å²) in [5.74, 6) is 1.10. The molecule has 1 aromatic carbocycles. The zero-order valence-electron chi connectivity index (χ0n) is 7.96. The standard InChI is InChI=1S/C11H9ClN2S/c12-8-1-2-10-9(5-8)11-7(3-4-15-10)6-13-14-11/h1-2,5-6H,3-4H2,(H,13,14). The fourth-order valence-electron chi connectivity index (χ4n) is 1.83. The molecule has 1 aromatic heterocycles. The van der Waals surface area contributed by atoms with Crippen molar-refractivity contribution in [2.75, 3.05) is 5.75 Å². The molecule has 0 bridgehead atoms. The van der Waals surface area contributed by atoms with Crippen LogP contribution in [0.25, 0.3) is 11.3 Å². The van der Waals surface area contributed by atoms with Gasteiger partial charge in [-0.05, 0) is 30.2 Å². The third-order valence-corrected chi connectivity index (χ3v) is 3.87. The lowest BCUT2D eigenvalue weighted by Gasteiger charge is -2.04. The maximum absolute atomic E-state index is 6.02. The second-order valence-electron chi connectivity index (χ2n) is 3.51. The van der Waals surface area contributed by atoms with Crippen LogP contribution in [0.5, 0.6) is 0 Å². The maximum atomic E-state index is 6.02. The Labute approximate surface area is 97.0 Å². The molecule has 2 heterocycles. The largest absolute Gasteiger partial charge is 0.278 e. The van der Waals surface area contributed by atoms with E-state index < -0.39 is 0 Å². The summed E-state index contributed by atoms with van der Waals surface area (Å²) in [6.45, 7) is 0. The first-order valence-corrected chi connectivity index (χ1v) is 6.16. The zero-order valence-corrected chi connectivity index (χ0v) is 9.53. The van der Waals surface area contributed by atoms with E-state index in [4.69, 9.17) is 11.6 Å². The lowest BCUT2D eigenvalue weighted by atomic mass is 10.1. The normalized spacial score (nSPS) is 14.2. The molecule has 0 fully saturated rings. The summed E-state index contributed by atoms with van der Waals surface area (Å²) >= 11 is 7.89. The number of aromatic amines is 1. The van der Waals surface area contributed by atoms with Crippen LogP contribution in [-0.4, -0.2) is 16.0 Å². The lowest BCUT2D eigenvalue weighted by molar-refractivity contribution is 1.09. The van der Waals surface area contributed by atoms with Crippen molar-refractivity contribution >= 4 is 23.4 Å². The van der Waals surface area contributed by atoms with Gasteiger partial charge < -0.3 is 0 Å². The van der Waals surface area contributed by atoms with Crippen LogP contribution < -0.4 is 0 Å². The van der Waals surface area contributed by atoms with Gasteiger partial charge in [0.1, 0.15) is 0 Å². The average molecular weight is 237 g/mol. The van der Waals surface area contributed by atoms with Gasteiger partial charge in [-0.25, -0.2) is 0 Å². The number of hydrogen-bond acceptors (Lipinski definition) is 2. The number of aryl methyl sites for hydroxylation is 1. The van der Waals surface area contributed by atoms with Gasteiger partial charge in [-0.3, -0.25) is 5.10 Å². The smallest absolute Gasteiger partial charge is 0.0694 e. The molecule has 76 valence electrons. The van der Waals surface area contributed by atoms with Crippen molar-refractivity contribution in [1.82, 2.24) is 10.2 Å².